The number of hydrogen-bond donors (Lipinski definition) is 1. The van der Waals surface area contributed by atoms with Crippen LogP contribution in [0.2, 0.25) is 0 Å². The second-order valence-electron chi connectivity index (χ2n) is 6.10. The molecule has 1 saturated heterocycles. The molecule has 4 nitrogen and oxygen atoms in total. The van der Waals surface area contributed by atoms with Gasteiger partial charge in [-0.15, -0.1) is 0 Å². The van der Waals surface area contributed by atoms with Crippen LogP contribution in [0, 0.1) is 12.7 Å². The highest BCUT2D eigenvalue weighted by molar-refractivity contribution is 5.92. The molecule has 2 aromatic rings. The molecule has 1 aliphatic rings. The van der Waals surface area contributed by atoms with E-state index in [-0.39, 0.29) is 11.7 Å². The van der Waals surface area contributed by atoms with Crippen molar-refractivity contribution in [3.63, 3.8) is 0 Å². The van der Waals surface area contributed by atoms with Gasteiger partial charge in [0.25, 0.3) is 0 Å². The molecule has 1 fully saturated rings. The van der Waals surface area contributed by atoms with Crippen LogP contribution in [0.25, 0.3) is 0 Å². The van der Waals surface area contributed by atoms with Crippen LogP contribution in [0.4, 0.5) is 15.8 Å². The zero-order chi connectivity index (χ0) is 16.9. The van der Waals surface area contributed by atoms with E-state index in [2.05, 4.69) is 46.3 Å². The average Bonchev–Trinajstić information content (AvgIpc) is 2.58. The van der Waals surface area contributed by atoms with Crippen molar-refractivity contribution in [2.24, 2.45) is 0 Å². The number of nitrogens with zero attached hydrogens (tertiary/aromatic N) is 2. The first-order chi connectivity index (χ1) is 11.6. The van der Waals surface area contributed by atoms with Gasteiger partial charge in [-0.2, -0.15) is 0 Å². The van der Waals surface area contributed by atoms with Crippen molar-refractivity contribution >= 4 is 17.3 Å². The largest absolute Gasteiger partial charge is 0.369 e. The van der Waals surface area contributed by atoms with Gasteiger partial charge in [-0.05, 0) is 42.8 Å². The van der Waals surface area contributed by atoms with E-state index < -0.39 is 0 Å². The molecule has 0 bridgehead atoms. The highest BCUT2D eigenvalue weighted by Crippen LogP contribution is 2.20. The van der Waals surface area contributed by atoms with Gasteiger partial charge in [-0.3, -0.25) is 9.69 Å². The Kier molecular flexibility index (Phi) is 5.11. The van der Waals surface area contributed by atoms with Gasteiger partial charge in [0, 0.05) is 37.6 Å². The van der Waals surface area contributed by atoms with E-state index >= 15 is 0 Å². The summed E-state index contributed by atoms with van der Waals surface area (Å²) in [7, 11) is 0. The first-order valence-corrected chi connectivity index (χ1v) is 8.20. The summed E-state index contributed by atoms with van der Waals surface area (Å²) in [6.45, 7) is 6.01. The van der Waals surface area contributed by atoms with Crippen LogP contribution in [-0.4, -0.2) is 43.5 Å². The average molecular weight is 327 g/mol. The molecule has 0 radical (unpaired) electrons. The highest BCUT2D eigenvalue weighted by Gasteiger charge is 2.20. The second kappa shape index (κ2) is 7.45. The fourth-order valence-corrected chi connectivity index (χ4v) is 3.00. The lowest BCUT2D eigenvalue weighted by Gasteiger charge is -2.36. The Morgan fingerprint density at radius 3 is 2.38 bits per heavy atom. The Balaban J connectivity index is 1.49. The van der Waals surface area contributed by atoms with Crippen molar-refractivity contribution in [1.82, 2.24) is 4.90 Å². The first-order valence-electron chi connectivity index (χ1n) is 8.20. The Bertz CT molecular complexity index is 694. The van der Waals surface area contributed by atoms with Crippen molar-refractivity contribution in [2.75, 3.05) is 42.9 Å². The van der Waals surface area contributed by atoms with Crippen LogP contribution in [0.5, 0.6) is 0 Å². The molecule has 1 amide bonds. The number of benzene rings is 2. The van der Waals surface area contributed by atoms with Crippen LogP contribution in [0.15, 0.2) is 48.5 Å². The standard InChI is InChI=1S/C19H22FN3O/c1-15-4-2-3-5-18(15)23-12-10-22(11-13-23)14-19(24)21-17-8-6-16(20)7-9-17/h2-9H,10-14H2,1H3,(H,21,24). The van der Waals surface area contributed by atoms with E-state index in [4.69, 9.17) is 0 Å². The molecule has 0 saturated carbocycles. The summed E-state index contributed by atoms with van der Waals surface area (Å²) in [5.41, 5.74) is 3.17. The number of carbonyl (C=O) groups is 1. The zero-order valence-corrected chi connectivity index (χ0v) is 13.8. The van der Waals surface area contributed by atoms with E-state index in [1.54, 1.807) is 12.1 Å². The molecule has 0 aliphatic carbocycles. The van der Waals surface area contributed by atoms with Gasteiger partial charge in [-0.25, -0.2) is 4.39 Å². The normalized spacial score (nSPS) is 15.3. The van der Waals surface area contributed by atoms with Crippen molar-refractivity contribution in [3.8, 4) is 0 Å². The lowest BCUT2D eigenvalue weighted by molar-refractivity contribution is -0.117. The molecular formula is C19H22FN3O. The third-order valence-corrected chi connectivity index (χ3v) is 4.32. The second-order valence-corrected chi connectivity index (χ2v) is 6.10. The SMILES string of the molecule is Cc1ccccc1N1CCN(CC(=O)Nc2ccc(F)cc2)CC1. The van der Waals surface area contributed by atoms with Crippen LogP contribution in [0.3, 0.4) is 0 Å². The van der Waals surface area contributed by atoms with Crippen molar-refractivity contribution < 1.29 is 9.18 Å². The smallest absolute Gasteiger partial charge is 0.238 e. The molecule has 0 aromatic heterocycles. The molecule has 126 valence electrons. The number of nitrogens with one attached hydrogen (secondary N) is 1. The van der Waals surface area contributed by atoms with E-state index in [1.165, 1.54) is 23.4 Å². The highest BCUT2D eigenvalue weighted by atomic mass is 19.1. The summed E-state index contributed by atoms with van der Waals surface area (Å²) in [5.74, 6) is -0.369. The maximum absolute atomic E-state index is 12.9. The number of carbonyl (C=O) groups excluding carboxylic acids is 1. The van der Waals surface area contributed by atoms with Gasteiger partial charge in [-0.1, -0.05) is 18.2 Å². The number of aryl methyl sites for hydroxylation is 1. The van der Waals surface area contributed by atoms with Crippen LogP contribution >= 0.6 is 0 Å². The molecule has 0 spiro atoms. The minimum absolute atomic E-state index is 0.0639. The van der Waals surface area contributed by atoms with Gasteiger partial charge in [0.05, 0.1) is 6.54 Å². The van der Waals surface area contributed by atoms with E-state index in [9.17, 15) is 9.18 Å². The molecular weight excluding hydrogens is 305 g/mol. The van der Waals surface area contributed by atoms with Gasteiger partial charge in [0.1, 0.15) is 5.82 Å². The minimum atomic E-state index is -0.305. The molecule has 3 rings (SSSR count). The molecule has 24 heavy (non-hydrogen) atoms. The van der Waals surface area contributed by atoms with Crippen molar-refractivity contribution in [2.45, 2.75) is 6.92 Å². The Hall–Kier alpha value is -2.40. The van der Waals surface area contributed by atoms with Crippen molar-refractivity contribution in [3.05, 3.63) is 59.9 Å². The number of rotatable bonds is 4. The predicted octanol–water partition coefficient (Wildman–Crippen LogP) is 2.89. The van der Waals surface area contributed by atoms with Crippen LogP contribution in [0.1, 0.15) is 5.56 Å². The Morgan fingerprint density at radius 1 is 1.04 bits per heavy atom. The lowest BCUT2D eigenvalue weighted by Crippen LogP contribution is -2.48. The van der Waals surface area contributed by atoms with Gasteiger partial charge < -0.3 is 10.2 Å². The topological polar surface area (TPSA) is 35.6 Å². The summed E-state index contributed by atoms with van der Waals surface area (Å²) < 4.78 is 12.9. The minimum Gasteiger partial charge on any atom is -0.369 e. The molecule has 2 aromatic carbocycles. The maximum atomic E-state index is 12.9. The quantitative estimate of drug-likeness (QED) is 0.938. The maximum Gasteiger partial charge on any atom is 0.238 e. The summed E-state index contributed by atoms with van der Waals surface area (Å²) in [6.07, 6.45) is 0. The zero-order valence-electron chi connectivity index (χ0n) is 13.8. The number of amides is 1. The van der Waals surface area contributed by atoms with E-state index in [0.29, 0.717) is 12.2 Å². The molecule has 1 N–H and O–H groups in total. The van der Waals surface area contributed by atoms with Gasteiger partial charge in [0.15, 0.2) is 0 Å². The van der Waals surface area contributed by atoms with Crippen molar-refractivity contribution in [1.29, 1.82) is 0 Å². The monoisotopic (exact) mass is 327 g/mol. The molecule has 1 aliphatic heterocycles. The molecule has 0 unspecified atom stereocenters. The summed E-state index contributed by atoms with van der Waals surface area (Å²) in [4.78, 5) is 16.6. The third kappa shape index (κ3) is 4.11. The number of halogens is 1. The Labute approximate surface area is 141 Å². The number of anilines is 2. The molecule has 5 heteroatoms. The summed E-state index contributed by atoms with van der Waals surface area (Å²) in [5, 5.41) is 2.81. The Morgan fingerprint density at radius 2 is 1.71 bits per heavy atom. The number of para-hydroxylation sites is 1. The van der Waals surface area contributed by atoms with E-state index in [1.807, 2.05) is 0 Å². The summed E-state index contributed by atoms with van der Waals surface area (Å²) in [6, 6.07) is 14.2. The van der Waals surface area contributed by atoms with E-state index in [0.717, 1.165) is 26.2 Å². The number of piperazine rings is 1. The fraction of sp³-hybridized carbons (Fsp3) is 0.316. The molecule has 0 atom stereocenters. The number of hydrogen-bond acceptors (Lipinski definition) is 3. The third-order valence-electron chi connectivity index (χ3n) is 4.32. The van der Waals surface area contributed by atoms with Crippen LogP contribution in [-0.2, 0) is 4.79 Å². The summed E-state index contributed by atoms with van der Waals surface area (Å²) >= 11 is 0. The van der Waals surface area contributed by atoms with Gasteiger partial charge in [0.2, 0.25) is 5.91 Å². The predicted molar refractivity (Wildman–Crippen MR) is 94.9 cm³/mol. The van der Waals surface area contributed by atoms with Crippen LogP contribution < -0.4 is 10.2 Å². The lowest BCUT2D eigenvalue weighted by atomic mass is 10.1. The molecule has 1 heterocycles. The van der Waals surface area contributed by atoms with Gasteiger partial charge >= 0.3 is 0 Å². The fourth-order valence-electron chi connectivity index (χ4n) is 3.00. The first kappa shape index (κ1) is 16.5.